The topological polar surface area (TPSA) is 52.6 Å². The molecular weight excluding hydrogens is 252 g/mol. The van der Waals surface area contributed by atoms with Crippen LogP contribution in [0.2, 0.25) is 5.02 Å². The van der Waals surface area contributed by atoms with Crippen molar-refractivity contribution < 1.29 is 9.90 Å². The van der Waals surface area contributed by atoms with E-state index in [9.17, 15) is 9.90 Å². The van der Waals surface area contributed by atoms with E-state index in [0.29, 0.717) is 5.02 Å². The van der Waals surface area contributed by atoms with Crippen LogP contribution in [0.3, 0.4) is 0 Å². The third kappa shape index (κ3) is 2.66. The summed E-state index contributed by atoms with van der Waals surface area (Å²) >= 11 is 5.97. The Hall–Kier alpha value is -1.10. The molecular formula is C13H17ClN2O2. The van der Waals surface area contributed by atoms with Gasteiger partial charge in [0.15, 0.2) is 0 Å². The molecule has 2 N–H and O–H groups in total. The molecule has 18 heavy (non-hydrogen) atoms. The molecule has 0 aliphatic carbocycles. The molecule has 4 nitrogen and oxygen atoms in total. The molecule has 1 aromatic rings. The van der Waals surface area contributed by atoms with Gasteiger partial charge in [-0.15, -0.1) is 0 Å². The molecule has 1 aliphatic heterocycles. The number of halogens is 1. The molecule has 1 saturated heterocycles. The minimum Gasteiger partial charge on any atom is -0.394 e. The number of anilines is 1. The van der Waals surface area contributed by atoms with E-state index >= 15 is 0 Å². The van der Waals surface area contributed by atoms with E-state index in [4.69, 9.17) is 11.6 Å². The fourth-order valence-corrected chi connectivity index (χ4v) is 2.40. The van der Waals surface area contributed by atoms with Gasteiger partial charge in [-0.25, -0.2) is 0 Å². The summed E-state index contributed by atoms with van der Waals surface area (Å²) in [4.78, 5) is 14.1. The Morgan fingerprint density at radius 1 is 1.56 bits per heavy atom. The molecule has 1 aliphatic rings. The standard InChI is InChI=1S/C13H17ClN2O2/c1-9-5-6-15-12(8-17)13(18)16(9)11-4-2-3-10(14)7-11/h2-4,7,9,12,15,17H,5-6,8H2,1H3. The molecule has 0 radical (unpaired) electrons. The van der Waals surface area contributed by atoms with Crippen LogP contribution in [0, 0.1) is 0 Å². The lowest BCUT2D eigenvalue weighted by molar-refractivity contribution is -0.121. The number of hydrogen-bond donors (Lipinski definition) is 2. The predicted molar refractivity (Wildman–Crippen MR) is 71.9 cm³/mol. The molecule has 98 valence electrons. The van der Waals surface area contributed by atoms with Gasteiger partial charge in [0.2, 0.25) is 5.91 Å². The lowest BCUT2D eigenvalue weighted by atomic mass is 10.1. The summed E-state index contributed by atoms with van der Waals surface area (Å²) in [6, 6.07) is 6.79. The fourth-order valence-electron chi connectivity index (χ4n) is 2.22. The number of aliphatic hydroxyl groups excluding tert-OH is 1. The van der Waals surface area contributed by atoms with Crippen LogP contribution >= 0.6 is 11.6 Å². The monoisotopic (exact) mass is 268 g/mol. The highest BCUT2D eigenvalue weighted by Crippen LogP contribution is 2.24. The molecule has 0 aromatic heterocycles. The number of rotatable bonds is 2. The van der Waals surface area contributed by atoms with E-state index in [-0.39, 0.29) is 18.6 Å². The van der Waals surface area contributed by atoms with Gasteiger partial charge in [-0.3, -0.25) is 4.79 Å². The van der Waals surface area contributed by atoms with Gasteiger partial charge in [-0.2, -0.15) is 0 Å². The molecule has 2 atom stereocenters. The highest BCUT2D eigenvalue weighted by Gasteiger charge is 2.31. The summed E-state index contributed by atoms with van der Waals surface area (Å²) in [5, 5.41) is 12.9. The van der Waals surface area contributed by atoms with Crippen LogP contribution in [0.4, 0.5) is 5.69 Å². The van der Waals surface area contributed by atoms with Crippen LogP contribution in [0.15, 0.2) is 24.3 Å². The summed E-state index contributed by atoms with van der Waals surface area (Å²) in [5.41, 5.74) is 0.780. The fraction of sp³-hybridized carbons (Fsp3) is 0.462. The summed E-state index contributed by atoms with van der Waals surface area (Å²) in [7, 11) is 0. The summed E-state index contributed by atoms with van der Waals surface area (Å²) in [6.07, 6.45) is 0.842. The normalized spacial score (nSPS) is 25.1. The molecule has 1 aromatic carbocycles. The van der Waals surface area contributed by atoms with Crippen molar-refractivity contribution in [2.45, 2.75) is 25.4 Å². The van der Waals surface area contributed by atoms with Crippen molar-refractivity contribution in [2.24, 2.45) is 0 Å². The summed E-state index contributed by atoms with van der Waals surface area (Å²) < 4.78 is 0. The number of aliphatic hydroxyl groups is 1. The number of amides is 1. The maximum atomic E-state index is 12.4. The van der Waals surface area contributed by atoms with E-state index in [0.717, 1.165) is 18.7 Å². The van der Waals surface area contributed by atoms with Crippen LogP contribution in [-0.2, 0) is 4.79 Å². The van der Waals surface area contributed by atoms with Crippen molar-refractivity contribution in [3.05, 3.63) is 29.3 Å². The Kier molecular flexibility index (Phi) is 4.22. The second-order valence-corrected chi connectivity index (χ2v) is 4.95. The minimum absolute atomic E-state index is 0.0833. The Balaban J connectivity index is 2.34. The SMILES string of the molecule is CC1CCNC(CO)C(=O)N1c1cccc(Cl)c1. The van der Waals surface area contributed by atoms with E-state index in [2.05, 4.69) is 5.32 Å². The molecule has 0 bridgehead atoms. The van der Waals surface area contributed by atoms with Gasteiger partial charge in [0.25, 0.3) is 0 Å². The molecule has 2 rings (SSSR count). The molecule has 0 saturated carbocycles. The average Bonchev–Trinajstić information content (AvgIpc) is 2.48. The predicted octanol–water partition coefficient (Wildman–Crippen LogP) is 1.42. The lowest BCUT2D eigenvalue weighted by Crippen LogP contribution is -2.47. The maximum Gasteiger partial charge on any atom is 0.246 e. The number of hydrogen-bond acceptors (Lipinski definition) is 3. The van der Waals surface area contributed by atoms with E-state index in [1.807, 2.05) is 19.1 Å². The van der Waals surface area contributed by atoms with Crippen molar-refractivity contribution in [1.29, 1.82) is 0 Å². The van der Waals surface area contributed by atoms with E-state index < -0.39 is 6.04 Å². The van der Waals surface area contributed by atoms with Crippen LogP contribution in [0.1, 0.15) is 13.3 Å². The molecule has 1 heterocycles. The molecule has 0 spiro atoms. The zero-order chi connectivity index (χ0) is 13.1. The lowest BCUT2D eigenvalue weighted by Gasteiger charge is -2.29. The first-order valence-electron chi connectivity index (χ1n) is 6.06. The first-order valence-corrected chi connectivity index (χ1v) is 6.44. The Bertz CT molecular complexity index is 439. The van der Waals surface area contributed by atoms with E-state index in [1.165, 1.54) is 0 Å². The van der Waals surface area contributed by atoms with Gasteiger partial charge in [0.05, 0.1) is 6.61 Å². The van der Waals surface area contributed by atoms with Gasteiger partial charge in [0, 0.05) is 16.8 Å². The van der Waals surface area contributed by atoms with Crippen molar-refractivity contribution in [1.82, 2.24) is 5.32 Å². The largest absolute Gasteiger partial charge is 0.394 e. The van der Waals surface area contributed by atoms with Crippen molar-refractivity contribution in [3.8, 4) is 0 Å². The highest BCUT2D eigenvalue weighted by molar-refractivity contribution is 6.30. The summed E-state index contributed by atoms with van der Waals surface area (Å²) in [5.74, 6) is -0.107. The smallest absolute Gasteiger partial charge is 0.246 e. The maximum absolute atomic E-state index is 12.4. The van der Waals surface area contributed by atoms with Gasteiger partial charge in [-0.1, -0.05) is 17.7 Å². The second kappa shape index (κ2) is 5.69. The third-order valence-electron chi connectivity index (χ3n) is 3.20. The average molecular weight is 269 g/mol. The zero-order valence-electron chi connectivity index (χ0n) is 10.3. The van der Waals surface area contributed by atoms with Crippen molar-refractivity contribution >= 4 is 23.2 Å². The molecule has 1 amide bonds. The number of nitrogens with one attached hydrogen (secondary N) is 1. The molecule has 2 unspecified atom stereocenters. The van der Waals surface area contributed by atoms with Gasteiger partial charge in [-0.05, 0) is 38.1 Å². The number of nitrogens with zero attached hydrogens (tertiary/aromatic N) is 1. The third-order valence-corrected chi connectivity index (χ3v) is 3.43. The quantitative estimate of drug-likeness (QED) is 0.853. The van der Waals surface area contributed by atoms with Crippen molar-refractivity contribution in [3.63, 3.8) is 0 Å². The molecule has 1 fully saturated rings. The summed E-state index contributed by atoms with van der Waals surface area (Å²) in [6.45, 7) is 2.53. The minimum atomic E-state index is -0.533. The van der Waals surface area contributed by atoms with Crippen molar-refractivity contribution in [2.75, 3.05) is 18.1 Å². The highest BCUT2D eigenvalue weighted by atomic mass is 35.5. The Morgan fingerprint density at radius 2 is 2.33 bits per heavy atom. The Labute approximate surface area is 112 Å². The van der Waals surface area contributed by atoms with Gasteiger partial charge in [0.1, 0.15) is 6.04 Å². The first kappa shape index (κ1) is 13.3. The van der Waals surface area contributed by atoms with Gasteiger partial charge >= 0.3 is 0 Å². The zero-order valence-corrected chi connectivity index (χ0v) is 11.0. The number of benzene rings is 1. The van der Waals surface area contributed by atoms with Crippen LogP contribution in [-0.4, -0.2) is 36.2 Å². The molecule has 5 heteroatoms. The van der Waals surface area contributed by atoms with Crippen LogP contribution in [0.5, 0.6) is 0 Å². The second-order valence-electron chi connectivity index (χ2n) is 4.52. The number of carbonyl (C=O) groups is 1. The van der Waals surface area contributed by atoms with E-state index in [1.54, 1.807) is 17.0 Å². The van der Waals surface area contributed by atoms with Crippen LogP contribution in [0.25, 0.3) is 0 Å². The van der Waals surface area contributed by atoms with Gasteiger partial charge < -0.3 is 15.3 Å². The first-order chi connectivity index (χ1) is 8.63. The van der Waals surface area contributed by atoms with Crippen LogP contribution < -0.4 is 10.2 Å². The Morgan fingerprint density at radius 3 is 3.00 bits per heavy atom. The number of carbonyl (C=O) groups excluding carboxylic acids is 1.